The number of thiazole rings is 1. The first-order valence-corrected chi connectivity index (χ1v) is 11.5. The van der Waals surface area contributed by atoms with E-state index in [4.69, 9.17) is 40.5 Å². The average molecular weight is 486 g/mol. The third-order valence-electron chi connectivity index (χ3n) is 4.01. The number of nitrogens with two attached hydrogens (primary N) is 1. The first kappa shape index (κ1) is 20.2. The number of rotatable bonds is 4. The summed E-state index contributed by atoms with van der Waals surface area (Å²) in [7, 11) is -4.00. The first-order chi connectivity index (χ1) is 13.7. The number of nitrogen functional groups attached to an aromatic ring is 1. The minimum absolute atomic E-state index is 0.00141. The van der Waals surface area contributed by atoms with Crippen molar-refractivity contribution in [1.29, 1.82) is 0 Å². The van der Waals surface area contributed by atoms with Gasteiger partial charge in [-0.25, -0.2) is 18.4 Å². The molecule has 148 valence electrons. The molecular weight excluding hydrogens is 475 g/mol. The van der Waals surface area contributed by atoms with Crippen LogP contribution in [0.3, 0.4) is 0 Å². The predicted molar refractivity (Wildman–Crippen MR) is 120 cm³/mol. The van der Waals surface area contributed by atoms with Crippen LogP contribution in [0.1, 0.15) is 0 Å². The van der Waals surface area contributed by atoms with Crippen molar-refractivity contribution >= 4 is 77.2 Å². The normalized spacial score (nSPS) is 11.7. The van der Waals surface area contributed by atoms with Crippen molar-refractivity contribution in [3.63, 3.8) is 0 Å². The number of halogens is 3. The molecule has 2 aromatic heterocycles. The fraction of sp³-hybridized carbons (Fsp3) is 0. The monoisotopic (exact) mass is 484 g/mol. The first-order valence-electron chi connectivity index (χ1n) is 8.03. The van der Waals surface area contributed by atoms with Gasteiger partial charge in [-0.1, -0.05) is 52.2 Å². The van der Waals surface area contributed by atoms with Crippen molar-refractivity contribution in [3.8, 4) is 11.1 Å². The van der Waals surface area contributed by atoms with Crippen molar-refractivity contribution in [2.75, 3.05) is 10.5 Å². The average Bonchev–Trinajstić information content (AvgIpc) is 3.02. The van der Waals surface area contributed by atoms with Crippen LogP contribution in [0, 0.1) is 0 Å². The van der Waals surface area contributed by atoms with Crippen LogP contribution in [0.5, 0.6) is 0 Å². The Bertz CT molecular complexity index is 1360. The minimum atomic E-state index is -4.00. The summed E-state index contributed by atoms with van der Waals surface area (Å²) in [6.45, 7) is 0. The zero-order valence-electron chi connectivity index (χ0n) is 14.4. The molecule has 0 atom stereocenters. The number of pyridine rings is 1. The van der Waals surface area contributed by atoms with E-state index in [1.54, 1.807) is 12.3 Å². The molecule has 4 rings (SSSR count). The van der Waals surface area contributed by atoms with Gasteiger partial charge in [0.25, 0.3) is 10.0 Å². The molecule has 2 aromatic carbocycles. The van der Waals surface area contributed by atoms with E-state index < -0.39 is 10.0 Å². The highest BCUT2D eigenvalue weighted by Gasteiger charge is 2.20. The number of sulfonamides is 1. The van der Waals surface area contributed by atoms with E-state index in [1.807, 2.05) is 18.2 Å². The van der Waals surface area contributed by atoms with E-state index >= 15 is 0 Å². The predicted octanol–water partition coefficient (Wildman–Crippen LogP) is 5.70. The third kappa shape index (κ3) is 4.12. The lowest BCUT2D eigenvalue weighted by atomic mass is 10.1. The Hall–Kier alpha value is -2.10. The topological polar surface area (TPSA) is 98.0 Å². The second-order valence-corrected chi connectivity index (χ2v) is 9.89. The molecule has 2 heterocycles. The summed E-state index contributed by atoms with van der Waals surface area (Å²) >= 11 is 19.4. The second-order valence-electron chi connectivity index (χ2n) is 5.98. The molecular formula is C18H11Cl3N4O2S2. The van der Waals surface area contributed by atoms with Gasteiger partial charge >= 0.3 is 0 Å². The summed E-state index contributed by atoms with van der Waals surface area (Å²) in [5.74, 6) is 0. The highest BCUT2D eigenvalue weighted by molar-refractivity contribution is 7.92. The van der Waals surface area contributed by atoms with Crippen molar-refractivity contribution < 1.29 is 8.42 Å². The third-order valence-corrected chi connectivity index (χ3v) is 7.24. The van der Waals surface area contributed by atoms with Crippen LogP contribution in [0.15, 0.2) is 53.6 Å². The Balaban J connectivity index is 1.72. The van der Waals surface area contributed by atoms with Gasteiger partial charge in [0.15, 0.2) is 10.3 Å². The van der Waals surface area contributed by atoms with Crippen LogP contribution in [0.2, 0.25) is 15.2 Å². The molecule has 6 nitrogen and oxygen atoms in total. The van der Waals surface area contributed by atoms with Crippen LogP contribution in [0.25, 0.3) is 21.3 Å². The molecule has 0 aliphatic carbocycles. The van der Waals surface area contributed by atoms with Crippen LogP contribution < -0.4 is 10.5 Å². The van der Waals surface area contributed by atoms with Gasteiger partial charge in [-0.2, -0.15) is 0 Å². The maximum absolute atomic E-state index is 12.8. The van der Waals surface area contributed by atoms with Crippen molar-refractivity contribution in [1.82, 2.24) is 9.97 Å². The molecule has 0 aliphatic heterocycles. The lowest BCUT2D eigenvalue weighted by molar-refractivity contribution is 0.601. The zero-order chi connectivity index (χ0) is 20.8. The standard InChI is InChI=1S/C18H11Cl3N4O2S2/c19-11-2-4-16(12(20)7-11)29(26,27)25-14-5-10(8-23-17(14)21)9-1-3-13-15(6-9)28-18(22)24-13/h1-8,25H,(H2,22,24). The Morgan fingerprint density at radius 2 is 1.79 bits per heavy atom. The lowest BCUT2D eigenvalue weighted by Crippen LogP contribution is -2.14. The number of anilines is 2. The Labute approximate surface area is 185 Å². The van der Waals surface area contributed by atoms with Gasteiger partial charge in [0.2, 0.25) is 0 Å². The minimum Gasteiger partial charge on any atom is -0.375 e. The number of aromatic nitrogens is 2. The smallest absolute Gasteiger partial charge is 0.263 e. The molecule has 3 N–H and O–H groups in total. The van der Waals surface area contributed by atoms with Crippen molar-refractivity contribution in [2.24, 2.45) is 0 Å². The van der Waals surface area contributed by atoms with Crippen LogP contribution in [-0.2, 0) is 10.0 Å². The molecule has 4 aromatic rings. The molecule has 0 spiro atoms. The quantitative estimate of drug-likeness (QED) is 0.361. The molecule has 29 heavy (non-hydrogen) atoms. The number of hydrogen-bond acceptors (Lipinski definition) is 6. The molecule has 0 unspecified atom stereocenters. The maximum atomic E-state index is 12.8. The summed E-state index contributed by atoms with van der Waals surface area (Å²) in [4.78, 5) is 8.21. The highest BCUT2D eigenvalue weighted by Crippen LogP contribution is 2.33. The zero-order valence-corrected chi connectivity index (χ0v) is 18.3. The Morgan fingerprint density at radius 3 is 2.55 bits per heavy atom. The molecule has 0 bridgehead atoms. The SMILES string of the molecule is Nc1nc2ccc(-c3cnc(Cl)c(NS(=O)(=O)c4ccc(Cl)cc4Cl)c3)cc2s1. The van der Waals surface area contributed by atoms with E-state index in [9.17, 15) is 8.42 Å². The molecule has 0 saturated carbocycles. The summed E-state index contributed by atoms with van der Waals surface area (Å²) in [5, 5.41) is 0.804. The van der Waals surface area contributed by atoms with Gasteiger partial charge < -0.3 is 5.73 Å². The van der Waals surface area contributed by atoms with E-state index in [0.717, 1.165) is 15.8 Å². The van der Waals surface area contributed by atoms with E-state index in [1.165, 1.54) is 29.5 Å². The lowest BCUT2D eigenvalue weighted by Gasteiger charge is -2.12. The van der Waals surface area contributed by atoms with Gasteiger partial charge in [0, 0.05) is 16.8 Å². The number of nitrogens with zero attached hydrogens (tertiary/aromatic N) is 2. The second kappa shape index (κ2) is 7.62. The molecule has 0 radical (unpaired) electrons. The molecule has 0 fully saturated rings. The molecule has 0 saturated heterocycles. The molecule has 0 amide bonds. The maximum Gasteiger partial charge on any atom is 0.263 e. The van der Waals surface area contributed by atoms with Crippen molar-refractivity contribution in [2.45, 2.75) is 4.90 Å². The fourth-order valence-corrected chi connectivity index (χ4v) is 5.50. The number of nitrogens with one attached hydrogen (secondary N) is 1. The van der Waals surface area contributed by atoms with E-state index in [-0.39, 0.29) is 20.8 Å². The Kier molecular flexibility index (Phi) is 5.30. The highest BCUT2D eigenvalue weighted by atomic mass is 35.5. The summed E-state index contributed by atoms with van der Waals surface area (Å²) in [6, 6.07) is 11.3. The van der Waals surface area contributed by atoms with Gasteiger partial charge in [-0.05, 0) is 42.0 Å². The van der Waals surface area contributed by atoms with Gasteiger partial charge in [-0.3, -0.25) is 4.72 Å². The summed E-state index contributed by atoms with van der Waals surface area (Å²) in [5.41, 5.74) is 8.15. The van der Waals surface area contributed by atoms with Gasteiger partial charge in [-0.15, -0.1) is 0 Å². The molecule has 0 aliphatic rings. The fourth-order valence-electron chi connectivity index (χ4n) is 2.69. The number of benzene rings is 2. The summed E-state index contributed by atoms with van der Waals surface area (Å²) in [6.07, 6.45) is 1.56. The number of hydrogen-bond donors (Lipinski definition) is 2. The van der Waals surface area contributed by atoms with Crippen molar-refractivity contribution in [3.05, 3.63) is 63.9 Å². The van der Waals surface area contributed by atoms with E-state index in [2.05, 4.69) is 14.7 Å². The summed E-state index contributed by atoms with van der Waals surface area (Å²) < 4.78 is 28.9. The Morgan fingerprint density at radius 1 is 1.00 bits per heavy atom. The van der Waals surface area contributed by atoms with Crippen LogP contribution in [-0.4, -0.2) is 18.4 Å². The van der Waals surface area contributed by atoms with Gasteiger partial charge in [0.05, 0.1) is 20.9 Å². The molecule has 11 heteroatoms. The van der Waals surface area contributed by atoms with Crippen LogP contribution >= 0.6 is 46.1 Å². The van der Waals surface area contributed by atoms with E-state index in [0.29, 0.717) is 15.7 Å². The van der Waals surface area contributed by atoms with Gasteiger partial charge in [0.1, 0.15) is 4.90 Å². The van der Waals surface area contributed by atoms with Crippen LogP contribution in [0.4, 0.5) is 10.8 Å². The number of fused-ring (bicyclic) bond motifs is 1. The largest absolute Gasteiger partial charge is 0.375 e.